The number of halogens is 3. The Morgan fingerprint density at radius 1 is 1.31 bits per heavy atom. The summed E-state index contributed by atoms with van der Waals surface area (Å²) in [6, 6.07) is 5.84. The van der Waals surface area contributed by atoms with Crippen LogP contribution in [-0.2, 0) is 11.0 Å². The molecule has 7 nitrogen and oxygen atoms in total. The van der Waals surface area contributed by atoms with Gasteiger partial charge in [-0.05, 0) is 30.0 Å². The van der Waals surface area contributed by atoms with E-state index < -0.39 is 11.7 Å². The number of nitriles is 1. The summed E-state index contributed by atoms with van der Waals surface area (Å²) in [5.74, 6) is -0.776. The van der Waals surface area contributed by atoms with Gasteiger partial charge in [0, 0.05) is 29.5 Å². The molecule has 4 rings (SSSR count). The van der Waals surface area contributed by atoms with Crippen LogP contribution >= 0.6 is 0 Å². The highest BCUT2D eigenvalue weighted by Crippen LogP contribution is 2.39. The lowest BCUT2D eigenvalue weighted by Gasteiger charge is -2.13. The van der Waals surface area contributed by atoms with Crippen molar-refractivity contribution in [2.75, 3.05) is 11.1 Å². The van der Waals surface area contributed by atoms with Crippen molar-refractivity contribution >= 4 is 28.3 Å². The number of amides is 1. The lowest BCUT2D eigenvalue weighted by atomic mass is 10.0. The molecule has 1 saturated carbocycles. The molecular weight excluding hydrogens is 385 g/mol. The van der Waals surface area contributed by atoms with E-state index in [4.69, 9.17) is 11.0 Å². The molecule has 1 fully saturated rings. The summed E-state index contributed by atoms with van der Waals surface area (Å²) >= 11 is 0. The zero-order chi connectivity index (χ0) is 20.8. The van der Waals surface area contributed by atoms with Crippen molar-refractivity contribution in [1.29, 1.82) is 5.26 Å². The Morgan fingerprint density at radius 3 is 2.79 bits per heavy atom. The first-order valence-electron chi connectivity index (χ1n) is 8.56. The molecule has 3 aromatic rings. The Hall–Kier alpha value is -3.74. The number of nitrogens with two attached hydrogens (primary N) is 1. The third-order valence-electron chi connectivity index (χ3n) is 4.69. The molecule has 3 aromatic heterocycles. The standard InChI is InChI=1S/C19H13F3N6O/c20-19(21,22)14-1-2-25-7-13(14)15-4-9-5-16(26-8-12(9)17(24)27-15)28-18(29)11-3-10(11)6-23/h1-2,4-5,7-8,10-11H,3H2,(H2,24,27)(H,26,28,29)/t10-,11+/m0/s1. The number of nitrogen functional groups attached to an aromatic ring is 1. The second-order valence-electron chi connectivity index (χ2n) is 6.67. The molecule has 1 aliphatic rings. The summed E-state index contributed by atoms with van der Waals surface area (Å²) in [6.07, 6.45) is -0.559. The number of aromatic nitrogens is 3. The molecule has 3 heterocycles. The van der Waals surface area contributed by atoms with Crippen molar-refractivity contribution in [3.8, 4) is 17.3 Å². The largest absolute Gasteiger partial charge is 0.417 e. The van der Waals surface area contributed by atoms with Crippen molar-refractivity contribution in [1.82, 2.24) is 15.0 Å². The van der Waals surface area contributed by atoms with Gasteiger partial charge in [0.25, 0.3) is 0 Å². The van der Waals surface area contributed by atoms with E-state index in [0.29, 0.717) is 17.2 Å². The fraction of sp³-hybridized carbons (Fsp3) is 0.211. The van der Waals surface area contributed by atoms with E-state index in [1.165, 1.54) is 18.3 Å². The topological polar surface area (TPSA) is 118 Å². The van der Waals surface area contributed by atoms with Crippen LogP contribution in [0.1, 0.15) is 12.0 Å². The zero-order valence-electron chi connectivity index (χ0n) is 14.7. The predicted molar refractivity (Wildman–Crippen MR) is 98.0 cm³/mol. The van der Waals surface area contributed by atoms with E-state index in [1.807, 2.05) is 6.07 Å². The molecule has 0 aliphatic heterocycles. The Balaban J connectivity index is 1.73. The van der Waals surface area contributed by atoms with Crippen LogP contribution in [0.5, 0.6) is 0 Å². The molecule has 0 bridgehead atoms. The van der Waals surface area contributed by atoms with Crippen molar-refractivity contribution in [3.63, 3.8) is 0 Å². The number of anilines is 2. The average molecular weight is 398 g/mol. The first-order valence-corrected chi connectivity index (χ1v) is 8.56. The fourth-order valence-electron chi connectivity index (χ4n) is 3.07. The highest BCUT2D eigenvalue weighted by atomic mass is 19.4. The molecule has 3 N–H and O–H groups in total. The number of nitrogens with zero attached hydrogens (tertiary/aromatic N) is 4. The molecule has 0 spiro atoms. The molecule has 29 heavy (non-hydrogen) atoms. The lowest BCUT2D eigenvalue weighted by Crippen LogP contribution is -2.15. The van der Waals surface area contributed by atoms with Crippen molar-refractivity contribution in [2.24, 2.45) is 11.8 Å². The number of fused-ring (bicyclic) bond motifs is 1. The fourth-order valence-corrected chi connectivity index (χ4v) is 3.07. The van der Waals surface area contributed by atoms with Gasteiger partial charge in [-0.1, -0.05) is 0 Å². The van der Waals surface area contributed by atoms with Crippen molar-refractivity contribution < 1.29 is 18.0 Å². The quantitative estimate of drug-likeness (QED) is 0.698. The maximum absolute atomic E-state index is 13.3. The summed E-state index contributed by atoms with van der Waals surface area (Å²) in [4.78, 5) is 24.1. The van der Waals surface area contributed by atoms with Crippen LogP contribution in [0.25, 0.3) is 22.0 Å². The van der Waals surface area contributed by atoms with Crippen LogP contribution in [-0.4, -0.2) is 20.9 Å². The Kier molecular flexibility index (Phi) is 4.30. The number of carbonyl (C=O) groups excluding carboxylic acids is 1. The Labute approximate surface area is 162 Å². The molecule has 0 radical (unpaired) electrons. The normalized spacial score (nSPS) is 18.3. The van der Waals surface area contributed by atoms with Gasteiger partial charge in [-0.2, -0.15) is 18.4 Å². The first kappa shape index (κ1) is 18.6. The third-order valence-corrected chi connectivity index (χ3v) is 4.69. The molecule has 2 atom stereocenters. The molecule has 0 saturated heterocycles. The molecular formula is C19H13F3N6O. The second kappa shape index (κ2) is 6.70. The zero-order valence-corrected chi connectivity index (χ0v) is 14.7. The van der Waals surface area contributed by atoms with Crippen molar-refractivity contribution in [3.05, 3.63) is 42.4 Å². The van der Waals surface area contributed by atoms with Gasteiger partial charge in [0.1, 0.15) is 11.6 Å². The molecule has 0 aromatic carbocycles. The summed E-state index contributed by atoms with van der Waals surface area (Å²) in [7, 11) is 0. The summed E-state index contributed by atoms with van der Waals surface area (Å²) in [5.41, 5.74) is 4.85. The third kappa shape index (κ3) is 3.54. The predicted octanol–water partition coefficient (Wildman–Crippen LogP) is 3.39. The minimum absolute atomic E-state index is 0.00522. The average Bonchev–Trinajstić information content (AvgIpc) is 3.47. The van der Waals surface area contributed by atoms with Crippen molar-refractivity contribution in [2.45, 2.75) is 12.6 Å². The Bertz CT molecular complexity index is 1170. The number of carbonyl (C=O) groups is 1. The minimum Gasteiger partial charge on any atom is -0.383 e. The number of hydrogen-bond donors (Lipinski definition) is 2. The smallest absolute Gasteiger partial charge is 0.383 e. The first-order chi connectivity index (χ1) is 13.8. The van der Waals surface area contributed by atoms with Gasteiger partial charge in [-0.3, -0.25) is 9.78 Å². The van der Waals surface area contributed by atoms with E-state index in [1.54, 1.807) is 0 Å². The SMILES string of the molecule is N#C[C@@H]1C[C@H]1C(=O)Nc1cc2cc(-c3cnccc3C(F)(F)F)nc(N)c2cn1. The monoisotopic (exact) mass is 398 g/mol. The van der Waals surface area contributed by atoms with Crippen LogP contribution in [0.15, 0.2) is 36.8 Å². The molecule has 1 amide bonds. The van der Waals surface area contributed by atoms with Crippen LogP contribution in [0.2, 0.25) is 0 Å². The van der Waals surface area contributed by atoms with Crippen LogP contribution in [0, 0.1) is 23.2 Å². The number of alkyl halides is 3. The summed E-state index contributed by atoms with van der Waals surface area (Å²) < 4.78 is 40.0. The van der Waals surface area contributed by atoms with E-state index >= 15 is 0 Å². The summed E-state index contributed by atoms with van der Waals surface area (Å²) in [6.45, 7) is 0. The van der Waals surface area contributed by atoms with Crippen LogP contribution in [0.4, 0.5) is 24.8 Å². The van der Waals surface area contributed by atoms with Gasteiger partial charge in [0.05, 0.1) is 29.2 Å². The van der Waals surface area contributed by atoms with Crippen LogP contribution in [0.3, 0.4) is 0 Å². The van der Waals surface area contributed by atoms with E-state index in [2.05, 4.69) is 20.3 Å². The number of hydrogen-bond acceptors (Lipinski definition) is 6. The van der Waals surface area contributed by atoms with Gasteiger partial charge in [-0.15, -0.1) is 0 Å². The van der Waals surface area contributed by atoms with Gasteiger partial charge in [-0.25, -0.2) is 9.97 Å². The number of nitrogens with one attached hydrogen (secondary N) is 1. The van der Waals surface area contributed by atoms with Gasteiger partial charge < -0.3 is 11.1 Å². The second-order valence-corrected chi connectivity index (χ2v) is 6.67. The number of rotatable bonds is 3. The molecule has 0 unspecified atom stereocenters. The highest BCUT2D eigenvalue weighted by molar-refractivity contribution is 5.98. The van der Waals surface area contributed by atoms with E-state index in [0.717, 1.165) is 18.5 Å². The maximum Gasteiger partial charge on any atom is 0.417 e. The Morgan fingerprint density at radius 2 is 2.10 bits per heavy atom. The highest BCUT2D eigenvalue weighted by Gasteiger charge is 2.43. The maximum atomic E-state index is 13.3. The van der Waals surface area contributed by atoms with Gasteiger partial charge >= 0.3 is 6.18 Å². The minimum atomic E-state index is -4.58. The number of pyridine rings is 3. The van der Waals surface area contributed by atoms with E-state index in [9.17, 15) is 18.0 Å². The van der Waals surface area contributed by atoms with Gasteiger partial charge in [0.15, 0.2) is 0 Å². The summed E-state index contributed by atoms with van der Waals surface area (Å²) in [5, 5.41) is 12.3. The lowest BCUT2D eigenvalue weighted by molar-refractivity contribution is -0.137. The van der Waals surface area contributed by atoms with Crippen LogP contribution < -0.4 is 11.1 Å². The van der Waals surface area contributed by atoms with Gasteiger partial charge in [0.2, 0.25) is 5.91 Å². The molecule has 1 aliphatic carbocycles. The molecule has 146 valence electrons. The van der Waals surface area contributed by atoms with E-state index in [-0.39, 0.29) is 40.6 Å². The molecule has 10 heteroatoms.